The van der Waals surface area contributed by atoms with E-state index in [2.05, 4.69) is 15.5 Å². The molecule has 0 saturated carbocycles. The maximum absolute atomic E-state index is 12.4. The number of halogens is 2. The molecule has 128 valence electrons. The van der Waals surface area contributed by atoms with Crippen LogP contribution < -0.4 is 0 Å². The largest absolute Gasteiger partial charge is 0.293 e. The normalized spacial score (nSPS) is 10.9. The van der Waals surface area contributed by atoms with Gasteiger partial charge in [-0.25, -0.2) is 0 Å². The molecule has 0 aliphatic rings. The topological polar surface area (TPSA) is 60.7 Å². The highest BCUT2D eigenvalue weighted by atomic mass is 35.5. The molecule has 2 aromatic carbocycles. The van der Waals surface area contributed by atoms with E-state index in [0.29, 0.717) is 20.8 Å². The Morgan fingerprint density at radius 3 is 2.72 bits per heavy atom. The van der Waals surface area contributed by atoms with E-state index in [1.165, 1.54) is 11.8 Å². The van der Waals surface area contributed by atoms with Crippen LogP contribution in [0.2, 0.25) is 10.0 Å². The summed E-state index contributed by atoms with van der Waals surface area (Å²) in [4.78, 5) is 12.4. The van der Waals surface area contributed by atoms with Crippen molar-refractivity contribution in [3.8, 4) is 5.69 Å². The standard InChI is InChI=1S/C17H14Cl2N4OS/c1-10-3-4-11(2)15(7-10)23-17(20-21-22-23)25-9-16(24)13-6-5-12(18)8-14(13)19/h3-8H,9H2,1-2H3. The molecular weight excluding hydrogens is 379 g/mol. The minimum atomic E-state index is -0.109. The summed E-state index contributed by atoms with van der Waals surface area (Å²) in [7, 11) is 0. The predicted molar refractivity (Wildman–Crippen MR) is 100 cm³/mol. The van der Waals surface area contributed by atoms with E-state index in [-0.39, 0.29) is 11.5 Å². The van der Waals surface area contributed by atoms with Crippen molar-refractivity contribution >= 4 is 40.7 Å². The molecule has 0 saturated heterocycles. The molecule has 0 radical (unpaired) electrons. The summed E-state index contributed by atoms with van der Waals surface area (Å²) in [5, 5.41) is 13.2. The number of rotatable bonds is 5. The van der Waals surface area contributed by atoms with Gasteiger partial charge in [-0.3, -0.25) is 4.79 Å². The third-order valence-corrected chi connectivity index (χ3v) is 5.06. The van der Waals surface area contributed by atoms with E-state index in [1.54, 1.807) is 22.9 Å². The zero-order valence-corrected chi connectivity index (χ0v) is 15.9. The molecule has 3 aromatic rings. The summed E-state index contributed by atoms with van der Waals surface area (Å²) in [5.41, 5.74) is 3.48. The Morgan fingerprint density at radius 2 is 1.96 bits per heavy atom. The van der Waals surface area contributed by atoms with Crippen LogP contribution in [0.25, 0.3) is 5.69 Å². The average Bonchev–Trinajstić information content (AvgIpc) is 3.03. The van der Waals surface area contributed by atoms with Crippen LogP contribution >= 0.6 is 35.0 Å². The molecule has 0 atom stereocenters. The first kappa shape index (κ1) is 17.9. The zero-order valence-electron chi connectivity index (χ0n) is 13.5. The van der Waals surface area contributed by atoms with Crippen molar-refractivity contribution in [3.63, 3.8) is 0 Å². The van der Waals surface area contributed by atoms with Crippen molar-refractivity contribution in [2.45, 2.75) is 19.0 Å². The van der Waals surface area contributed by atoms with Gasteiger partial charge in [0, 0.05) is 10.6 Å². The number of hydrogen-bond donors (Lipinski definition) is 0. The van der Waals surface area contributed by atoms with E-state index in [1.807, 2.05) is 32.0 Å². The van der Waals surface area contributed by atoms with Gasteiger partial charge in [0.1, 0.15) is 0 Å². The average molecular weight is 393 g/mol. The molecule has 25 heavy (non-hydrogen) atoms. The van der Waals surface area contributed by atoms with Crippen LogP contribution in [-0.2, 0) is 0 Å². The van der Waals surface area contributed by atoms with E-state index < -0.39 is 0 Å². The third-order valence-electron chi connectivity index (χ3n) is 3.60. The highest BCUT2D eigenvalue weighted by Crippen LogP contribution is 2.25. The number of carbonyl (C=O) groups is 1. The second-order valence-electron chi connectivity index (χ2n) is 5.50. The van der Waals surface area contributed by atoms with Crippen LogP contribution in [-0.4, -0.2) is 31.7 Å². The Balaban J connectivity index is 1.80. The van der Waals surface area contributed by atoms with Crippen LogP contribution in [0.1, 0.15) is 21.5 Å². The Morgan fingerprint density at radius 1 is 1.16 bits per heavy atom. The van der Waals surface area contributed by atoms with Crippen LogP contribution in [0.15, 0.2) is 41.6 Å². The summed E-state index contributed by atoms with van der Waals surface area (Å²) in [6.07, 6.45) is 0. The fourth-order valence-electron chi connectivity index (χ4n) is 2.29. The molecule has 0 aliphatic heterocycles. The lowest BCUT2D eigenvalue weighted by molar-refractivity contribution is 0.102. The Hall–Kier alpha value is -1.89. The van der Waals surface area contributed by atoms with Gasteiger partial charge in [0.2, 0.25) is 5.16 Å². The monoisotopic (exact) mass is 392 g/mol. The number of Topliss-reactive ketones (excluding diaryl/α,β-unsaturated/α-hetero) is 1. The van der Waals surface area contributed by atoms with Crippen molar-refractivity contribution in [1.29, 1.82) is 0 Å². The molecule has 1 aromatic heterocycles. The smallest absolute Gasteiger partial charge is 0.214 e. The summed E-state index contributed by atoms with van der Waals surface area (Å²) in [5.74, 6) is 0.0641. The lowest BCUT2D eigenvalue weighted by atomic mass is 10.1. The highest BCUT2D eigenvalue weighted by Gasteiger charge is 2.16. The summed E-state index contributed by atoms with van der Waals surface area (Å²) < 4.78 is 1.64. The Labute approximate surface area is 159 Å². The first-order valence-electron chi connectivity index (χ1n) is 7.43. The summed E-state index contributed by atoms with van der Waals surface area (Å²) in [6.45, 7) is 4.00. The van der Waals surface area contributed by atoms with Gasteiger partial charge >= 0.3 is 0 Å². The van der Waals surface area contributed by atoms with Gasteiger partial charge in [0.25, 0.3) is 0 Å². The Bertz CT molecular complexity index is 942. The van der Waals surface area contributed by atoms with Crippen LogP contribution in [0.4, 0.5) is 0 Å². The SMILES string of the molecule is Cc1ccc(C)c(-n2nnnc2SCC(=O)c2ccc(Cl)cc2Cl)c1. The van der Waals surface area contributed by atoms with Crippen molar-refractivity contribution in [1.82, 2.24) is 20.2 Å². The number of carbonyl (C=O) groups excluding carboxylic acids is 1. The maximum Gasteiger partial charge on any atom is 0.214 e. The molecule has 0 N–H and O–H groups in total. The van der Waals surface area contributed by atoms with Crippen molar-refractivity contribution in [2.24, 2.45) is 0 Å². The molecule has 3 rings (SSSR count). The third kappa shape index (κ3) is 4.03. The number of thioether (sulfide) groups is 1. The molecule has 5 nitrogen and oxygen atoms in total. The van der Waals surface area contributed by atoms with Crippen LogP contribution in [0.3, 0.4) is 0 Å². The van der Waals surface area contributed by atoms with Gasteiger partial charge in [0.15, 0.2) is 5.78 Å². The molecule has 8 heteroatoms. The first-order chi connectivity index (χ1) is 12.0. The van der Waals surface area contributed by atoms with Crippen molar-refractivity contribution in [3.05, 3.63) is 63.1 Å². The lowest BCUT2D eigenvalue weighted by Gasteiger charge is -2.08. The highest BCUT2D eigenvalue weighted by molar-refractivity contribution is 7.99. The van der Waals surface area contributed by atoms with E-state index in [9.17, 15) is 4.79 Å². The number of hydrogen-bond acceptors (Lipinski definition) is 5. The Kier molecular flexibility index (Phi) is 5.42. The predicted octanol–water partition coefficient (Wildman–Crippen LogP) is 4.56. The molecule has 0 aliphatic carbocycles. The number of tetrazole rings is 1. The zero-order chi connectivity index (χ0) is 18.0. The van der Waals surface area contributed by atoms with Crippen LogP contribution in [0, 0.1) is 13.8 Å². The fourth-order valence-corrected chi connectivity index (χ4v) is 3.57. The number of nitrogens with zero attached hydrogens (tertiary/aromatic N) is 4. The second kappa shape index (κ2) is 7.56. The molecule has 0 unspecified atom stereocenters. The minimum absolute atomic E-state index is 0.109. The van der Waals surface area contributed by atoms with E-state index in [0.717, 1.165) is 16.8 Å². The van der Waals surface area contributed by atoms with Crippen molar-refractivity contribution in [2.75, 3.05) is 5.75 Å². The van der Waals surface area contributed by atoms with Gasteiger partial charge < -0.3 is 0 Å². The fraction of sp³-hybridized carbons (Fsp3) is 0.176. The molecule has 0 amide bonds. The van der Waals surface area contributed by atoms with Gasteiger partial charge in [-0.15, -0.1) is 5.10 Å². The number of aryl methyl sites for hydroxylation is 2. The van der Waals surface area contributed by atoms with E-state index in [4.69, 9.17) is 23.2 Å². The molecule has 0 spiro atoms. The summed E-state index contributed by atoms with van der Waals surface area (Å²) in [6, 6.07) is 10.9. The quantitative estimate of drug-likeness (QED) is 0.470. The first-order valence-corrected chi connectivity index (χ1v) is 9.17. The number of ketones is 1. The van der Waals surface area contributed by atoms with Gasteiger partial charge in [-0.1, -0.05) is 47.1 Å². The maximum atomic E-state index is 12.4. The number of aromatic nitrogens is 4. The molecule has 0 fully saturated rings. The number of benzene rings is 2. The van der Waals surface area contributed by atoms with Gasteiger partial charge in [-0.2, -0.15) is 4.68 Å². The van der Waals surface area contributed by atoms with Crippen molar-refractivity contribution < 1.29 is 4.79 Å². The van der Waals surface area contributed by atoms with Crippen LogP contribution in [0.5, 0.6) is 0 Å². The summed E-state index contributed by atoms with van der Waals surface area (Å²) >= 11 is 13.2. The second-order valence-corrected chi connectivity index (χ2v) is 7.29. The molecule has 0 bridgehead atoms. The molecule has 1 heterocycles. The van der Waals surface area contributed by atoms with E-state index >= 15 is 0 Å². The lowest BCUT2D eigenvalue weighted by Crippen LogP contribution is -2.06. The molecular formula is C17H14Cl2N4OS. The van der Waals surface area contributed by atoms with Gasteiger partial charge in [-0.05, 0) is 59.7 Å². The minimum Gasteiger partial charge on any atom is -0.293 e. The van der Waals surface area contributed by atoms with Gasteiger partial charge in [0.05, 0.1) is 16.5 Å².